The molecule has 2 nitrogen and oxygen atoms in total. The standard InChI is InChI=1S/C13H22N2S/c1-3-7-14-12(10-5-6-10)8-13-15-11(4-2)9-16-13/h9-10,12,14H,3-8H2,1-2H3. The number of nitrogens with one attached hydrogen (secondary N) is 1. The van der Waals surface area contributed by atoms with Crippen LogP contribution in [0.3, 0.4) is 0 Å². The van der Waals surface area contributed by atoms with Gasteiger partial charge in [-0.25, -0.2) is 4.98 Å². The molecule has 0 amide bonds. The van der Waals surface area contributed by atoms with Crippen molar-refractivity contribution in [2.75, 3.05) is 6.54 Å². The first-order valence-electron chi connectivity index (χ1n) is 6.50. The van der Waals surface area contributed by atoms with Gasteiger partial charge >= 0.3 is 0 Å². The van der Waals surface area contributed by atoms with Gasteiger partial charge in [0.05, 0.1) is 10.7 Å². The first-order valence-corrected chi connectivity index (χ1v) is 7.38. The van der Waals surface area contributed by atoms with Gasteiger partial charge in [-0.1, -0.05) is 13.8 Å². The maximum atomic E-state index is 4.67. The lowest BCUT2D eigenvalue weighted by Crippen LogP contribution is -2.33. The van der Waals surface area contributed by atoms with E-state index in [1.807, 2.05) is 11.3 Å². The molecule has 0 aliphatic heterocycles. The van der Waals surface area contributed by atoms with Gasteiger partial charge < -0.3 is 5.32 Å². The smallest absolute Gasteiger partial charge is 0.0943 e. The lowest BCUT2D eigenvalue weighted by atomic mass is 10.1. The minimum absolute atomic E-state index is 0.677. The molecule has 0 bridgehead atoms. The van der Waals surface area contributed by atoms with Crippen LogP contribution in [0.25, 0.3) is 0 Å². The van der Waals surface area contributed by atoms with Crippen molar-refractivity contribution in [3.05, 3.63) is 16.1 Å². The fourth-order valence-electron chi connectivity index (χ4n) is 2.03. The van der Waals surface area contributed by atoms with Crippen LogP contribution in [0, 0.1) is 5.92 Å². The summed E-state index contributed by atoms with van der Waals surface area (Å²) in [6, 6.07) is 0.677. The molecule has 0 aromatic carbocycles. The molecule has 1 atom stereocenters. The van der Waals surface area contributed by atoms with E-state index in [0.29, 0.717) is 6.04 Å². The SMILES string of the molecule is CCCNC(Cc1nc(CC)cs1)C1CC1. The molecular weight excluding hydrogens is 216 g/mol. The Kier molecular flexibility index (Phi) is 4.36. The molecule has 1 saturated carbocycles. The van der Waals surface area contributed by atoms with Crippen molar-refractivity contribution in [3.8, 4) is 0 Å². The van der Waals surface area contributed by atoms with Crippen molar-refractivity contribution in [2.24, 2.45) is 5.92 Å². The van der Waals surface area contributed by atoms with Gasteiger partial charge in [0, 0.05) is 17.8 Å². The fourth-order valence-corrected chi connectivity index (χ4v) is 2.96. The first kappa shape index (κ1) is 12.1. The summed E-state index contributed by atoms with van der Waals surface area (Å²) < 4.78 is 0. The Morgan fingerprint density at radius 3 is 2.88 bits per heavy atom. The van der Waals surface area contributed by atoms with E-state index >= 15 is 0 Å². The molecule has 0 radical (unpaired) electrons. The van der Waals surface area contributed by atoms with Gasteiger partial charge in [-0.2, -0.15) is 0 Å². The zero-order valence-electron chi connectivity index (χ0n) is 10.3. The minimum atomic E-state index is 0.677. The van der Waals surface area contributed by atoms with Gasteiger partial charge in [-0.15, -0.1) is 11.3 Å². The lowest BCUT2D eigenvalue weighted by molar-refractivity contribution is 0.459. The fraction of sp³-hybridized carbons (Fsp3) is 0.769. The normalized spacial score (nSPS) is 17.6. The van der Waals surface area contributed by atoms with Gasteiger partial charge in [-0.05, 0) is 38.1 Å². The van der Waals surface area contributed by atoms with E-state index in [0.717, 1.165) is 25.3 Å². The van der Waals surface area contributed by atoms with Crippen molar-refractivity contribution in [1.29, 1.82) is 0 Å². The van der Waals surface area contributed by atoms with Crippen LogP contribution in [-0.2, 0) is 12.8 Å². The topological polar surface area (TPSA) is 24.9 Å². The average molecular weight is 238 g/mol. The highest BCUT2D eigenvalue weighted by atomic mass is 32.1. The second-order valence-electron chi connectivity index (χ2n) is 4.69. The van der Waals surface area contributed by atoms with Crippen LogP contribution >= 0.6 is 11.3 Å². The summed E-state index contributed by atoms with van der Waals surface area (Å²) in [5.74, 6) is 0.917. The predicted octanol–water partition coefficient (Wildman–Crippen LogP) is 3.03. The number of aromatic nitrogens is 1. The molecule has 0 spiro atoms. The molecule has 16 heavy (non-hydrogen) atoms. The number of aryl methyl sites for hydroxylation is 1. The Labute approximate surface area is 102 Å². The summed E-state index contributed by atoms with van der Waals surface area (Å²) in [7, 11) is 0. The highest BCUT2D eigenvalue weighted by Crippen LogP contribution is 2.34. The Morgan fingerprint density at radius 2 is 2.31 bits per heavy atom. The van der Waals surface area contributed by atoms with E-state index < -0.39 is 0 Å². The van der Waals surface area contributed by atoms with E-state index in [-0.39, 0.29) is 0 Å². The molecule has 1 aliphatic rings. The van der Waals surface area contributed by atoms with Crippen molar-refractivity contribution in [3.63, 3.8) is 0 Å². The largest absolute Gasteiger partial charge is 0.313 e. The Balaban J connectivity index is 1.88. The van der Waals surface area contributed by atoms with Crippen LogP contribution in [0.5, 0.6) is 0 Å². The highest BCUT2D eigenvalue weighted by molar-refractivity contribution is 7.09. The van der Waals surface area contributed by atoms with Crippen molar-refractivity contribution in [2.45, 2.75) is 52.0 Å². The van der Waals surface area contributed by atoms with E-state index in [9.17, 15) is 0 Å². The lowest BCUT2D eigenvalue weighted by Gasteiger charge is -2.16. The predicted molar refractivity (Wildman–Crippen MR) is 70.0 cm³/mol. The van der Waals surface area contributed by atoms with E-state index in [1.165, 1.54) is 30.0 Å². The molecule has 90 valence electrons. The van der Waals surface area contributed by atoms with E-state index in [2.05, 4.69) is 29.5 Å². The van der Waals surface area contributed by atoms with Crippen molar-refractivity contribution >= 4 is 11.3 Å². The second kappa shape index (κ2) is 5.78. The average Bonchev–Trinajstić information content (AvgIpc) is 3.05. The van der Waals surface area contributed by atoms with Gasteiger partial charge in [-0.3, -0.25) is 0 Å². The summed E-state index contributed by atoms with van der Waals surface area (Å²) in [6.45, 7) is 5.55. The highest BCUT2D eigenvalue weighted by Gasteiger charge is 2.31. The maximum absolute atomic E-state index is 4.67. The van der Waals surface area contributed by atoms with Gasteiger partial charge in [0.15, 0.2) is 0 Å². The number of nitrogens with zero attached hydrogens (tertiary/aromatic N) is 1. The molecule has 1 aromatic rings. The Hall–Kier alpha value is -0.410. The van der Waals surface area contributed by atoms with Crippen LogP contribution in [0.15, 0.2) is 5.38 Å². The molecule has 1 aromatic heterocycles. The number of hydrogen-bond acceptors (Lipinski definition) is 3. The summed E-state index contributed by atoms with van der Waals surface area (Å²) >= 11 is 1.83. The van der Waals surface area contributed by atoms with Crippen LogP contribution in [-0.4, -0.2) is 17.6 Å². The molecule has 1 N–H and O–H groups in total. The molecular formula is C13H22N2S. The number of hydrogen-bond donors (Lipinski definition) is 1. The van der Waals surface area contributed by atoms with Crippen LogP contribution in [0.2, 0.25) is 0 Å². The van der Waals surface area contributed by atoms with Gasteiger partial charge in [0.25, 0.3) is 0 Å². The molecule has 1 fully saturated rings. The Bertz CT molecular complexity index is 317. The number of thiazole rings is 1. The second-order valence-corrected chi connectivity index (χ2v) is 5.63. The van der Waals surface area contributed by atoms with E-state index in [1.54, 1.807) is 0 Å². The minimum Gasteiger partial charge on any atom is -0.313 e. The van der Waals surface area contributed by atoms with Gasteiger partial charge in [0.2, 0.25) is 0 Å². The molecule has 0 saturated heterocycles. The molecule has 1 unspecified atom stereocenters. The zero-order chi connectivity index (χ0) is 11.4. The first-order chi connectivity index (χ1) is 7.83. The zero-order valence-corrected chi connectivity index (χ0v) is 11.1. The van der Waals surface area contributed by atoms with Crippen molar-refractivity contribution < 1.29 is 0 Å². The number of rotatable bonds is 7. The summed E-state index contributed by atoms with van der Waals surface area (Å²) in [5, 5.41) is 7.20. The summed E-state index contributed by atoms with van der Waals surface area (Å²) in [5.41, 5.74) is 1.25. The molecule has 1 heterocycles. The van der Waals surface area contributed by atoms with E-state index in [4.69, 9.17) is 0 Å². The van der Waals surface area contributed by atoms with Gasteiger partial charge in [0.1, 0.15) is 0 Å². The molecule has 3 heteroatoms. The molecule has 1 aliphatic carbocycles. The quantitative estimate of drug-likeness (QED) is 0.790. The third kappa shape index (κ3) is 3.29. The monoisotopic (exact) mass is 238 g/mol. The summed E-state index contributed by atoms with van der Waals surface area (Å²) in [6.07, 6.45) is 6.24. The van der Waals surface area contributed by atoms with Crippen LogP contribution in [0.4, 0.5) is 0 Å². The van der Waals surface area contributed by atoms with Crippen LogP contribution in [0.1, 0.15) is 43.8 Å². The Morgan fingerprint density at radius 1 is 1.50 bits per heavy atom. The maximum Gasteiger partial charge on any atom is 0.0943 e. The third-order valence-corrected chi connectivity index (χ3v) is 4.12. The molecule has 2 rings (SSSR count). The third-order valence-electron chi connectivity index (χ3n) is 3.20. The van der Waals surface area contributed by atoms with Crippen LogP contribution < -0.4 is 5.32 Å². The summed E-state index contributed by atoms with van der Waals surface area (Å²) in [4.78, 5) is 4.67. The van der Waals surface area contributed by atoms with Crippen molar-refractivity contribution in [1.82, 2.24) is 10.3 Å².